The minimum Gasteiger partial charge on any atom is -0.367 e. The normalized spacial score (nSPS) is 11.5. The Kier molecular flexibility index (Phi) is 4.76. The van der Waals surface area contributed by atoms with E-state index in [2.05, 4.69) is 15.3 Å². The second kappa shape index (κ2) is 5.87. The van der Waals surface area contributed by atoms with Crippen molar-refractivity contribution in [2.24, 2.45) is 5.14 Å². The van der Waals surface area contributed by atoms with Crippen molar-refractivity contribution in [1.29, 1.82) is 0 Å². The van der Waals surface area contributed by atoms with E-state index < -0.39 is 15.8 Å². The maximum absolute atomic E-state index is 13.6. The molecule has 0 aliphatic carbocycles. The lowest BCUT2D eigenvalue weighted by Crippen LogP contribution is -2.19. The predicted molar refractivity (Wildman–Crippen MR) is 62.4 cm³/mol. The second-order valence-electron chi connectivity index (χ2n) is 3.48. The predicted octanol–water partition coefficient (Wildman–Crippen LogP) is 0.269. The van der Waals surface area contributed by atoms with Gasteiger partial charge in [-0.3, -0.25) is 0 Å². The van der Waals surface area contributed by atoms with E-state index in [0.29, 0.717) is 18.5 Å². The van der Waals surface area contributed by atoms with Crippen molar-refractivity contribution in [2.45, 2.75) is 19.8 Å². The molecule has 0 bridgehead atoms. The molecular weight excluding hydrogens is 247 g/mol. The van der Waals surface area contributed by atoms with E-state index in [1.54, 1.807) is 6.92 Å². The van der Waals surface area contributed by atoms with Crippen molar-refractivity contribution >= 4 is 15.8 Å². The summed E-state index contributed by atoms with van der Waals surface area (Å²) in [5, 5.41) is 7.55. The zero-order chi connectivity index (χ0) is 12.9. The molecule has 17 heavy (non-hydrogen) atoms. The summed E-state index contributed by atoms with van der Waals surface area (Å²) in [6, 6.07) is 0. The lowest BCUT2D eigenvalue weighted by molar-refractivity contribution is 0.593. The molecule has 0 spiro atoms. The maximum Gasteiger partial charge on any atom is 0.209 e. The molecule has 1 aromatic heterocycles. The molecule has 0 fully saturated rings. The van der Waals surface area contributed by atoms with Gasteiger partial charge in [0, 0.05) is 6.54 Å². The number of sulfonamides is 1. The highest BCUT2D eigenvalue weighted by Crippen LogP contribution is 2.12. The number of hydrogen-bond acceptors (Lipinski definition) is 5. The molecule has 0 radical (unpaired) electrons. The number of aromatic nitrogens is 2. The first-order valence-corrected chi connectivity index (χ1v) is 6.89. The summed E-state index contributed by atoms with van der Waals surface area (Å²) in [5.41, 5.74) is 0.328. The largest absolute Gasteiger partial charge is 0.367 e. The molecule has 0 saturated heterocycles. The zero-order valence-corrected chi connectivity index (χ0v) is 10.3. The van der Waals surface area contributed by atoms with Crippen LogP contribution in [0.1, 0.15) is 19.0 Å². The highest BCUT2D eigenvalue weighted by molar-refractivity contribution is 7.89. The standard InChI is InChI=1S/C9H15FN4O2S/c1-2-7-8(10)9(14-6-13-7)12-4-3-5-17(11,15)16/h6H,2-5H2,1H3,(H2,11,15,16)(H,12,13,14). The molecule has 1 aromatic rings. The smallest absolute Gasteiger partial charge is 0.209 e. The Bertz CT molecular complexity index is 478. The molecule has 1 rings (SSSR count). The van der Waals surface area contributed by atoms with Crippen LogP contribution in [-0.2, 0) is 16.4 Å². The minimum absolute atomic E-state index is 0.0891. The van der Waals surface area contributed by atoms with Gasteiger partial charge in [0.2, 0.25) is 10.0 Å². The average molecular weight is 262 g/mol. The monoisotopic (exact) mass is 262 g/mol. The molecule has 0 amide bonds. The highest BCUT2D eigenvalue weighted by Gasteiger charge is 2.09. The molecule has 0 aliphatic heterocycles. The van der Waals surface area contributed by atoms with Crippen LogP contribution in [0.15, 0.2) is 6.33 Å². The summed E-state index contributed by atoms with van der Waals surface area (Å²) in [4.78, 5) is 7.53. The molecule has 0 atom stereocenters. The van der Waals surface area contributed by atoms with Crippen molar-refractivity contribution in [2.75, 3.05) is 17.6 Å². The molecule has 3 N–H and O–H groups in total. The van der Waals surface area contributed by atoms with Crippen molar-refractivity contribution < 1.29 is 12.8 Å². The van der Waals surface area contributed by atoms with Crippen LogP contribution in [0, 0.1) is 5.82 Å². The lowest BCUT2D eigenvalue weighted by atomic mass is 10.3. The van der Waals surface area contributed by atoms with Gasteiger partial charge >= 0.3 is 0 Å². The summed E-state index contributed by atoms with van der Waals surface area (Å²) in [7, 11) is -3.47. The maximum atomic E-state index is 13.6. The molecule has 96 valence electrons. The number of halogens is 1. The Morgan fingerprint density at radius 2 is 2.18 bits per heavy atom. The molecule has 6 nitrogen and oxygen atoms in total. The Labute approximate surface area is 99.5 Å². The second-order valence-corrected chi connectivity index (χ2v) is 5.22. The van der Waals surface area contributed by atoms with E-state index in [1.807, 2.05) is 0 Å². The highest BCUT2D eigenvalue weighted by atomic mass is 32.2. The van der Waals surface area contributed by atoms with Crippen molar-refractivity contribution in [1.82, 2.24) is 9.97 Å². The van der Waals surface area contributed by atoms with Crippen LogP contribution < -0.4 is 10.5 Å². The Morgan fingerprint density at radius 1 is 1.47 bits per heavy atom. The topological polar surface area (TPSA) is 98.0 Å². The van der Waals surface area contributed by atoms with Gasteiger partial charge in [0.05, 0.1) is 11.4 Å². The Balaban J connectivity index is 2.52. The van der Waals surface area contributed by atoms with E-state index in [4.69, 9.17) is 5.14 Å². The van der Waals surface area contributed by atoms with Crippen LogP contribution in [0.2, 0.25) is 0 Å². The third-order valence-corrected chi connectivity index (χ3v) is 2.95. The summed E-state index contributed by atoms with van der Waals surface area (Å²) in [5.74, 6) is -0.551. The van der Waals surface area contributed by atoms with Gasteiger partial charge in [-0.25, -0.2) is 27.9 Å². The van der Waals surface area contributed by atoms with Gasteiger partial charge in [-0.15, -0.1) is 0 Å². The van der Waals surface area contributed by atoms with Gasteiger partial charge in [0.25, 0.3) is 0 Å². The summed E-state index contributed by atoms with van der Waals surface area (Å²) in [6.45, 7) is 2.07. The molecule has 0 saturated carbocycles. The molecule has 0 unspecified atom stereocenters. The first-order chi connectivity index (χ1) is 7.94. The Hall–Kier alpha value is -1.28. The number of nitrogens with one attached hydrogen (secondary N) is 1. The average Bonchev–Trinajstić information content (AvgIpc) is 2.25. The summed E-state index contributed by atoms with van der Waals surface area (Å²) >= 11 is 0. The van der Waals surface area contributed by atoms with E-state index in [0.717, 1.165) is 0 Å². The summed E-state index contributed by atoms with van der Waals surface area (Å²) in [6.07, 6.45) is 2.04. The molecule has 8 heteroatoms. The number of hydrogen-bond donors (Lipinski definition) is 2. The first kappa shape index (κ1) is 13.8. The van der Waals surface area contributed by atoms with Gasteiger partial charge < -0.3 is 5.32 Å². The lowest BCUT2D eigenvalue weighted by Gasteiger charge is -2.07. The van der Waals surface area contributed by atoms with Gasteiger partial charge in [-0.2, -0.15) is 0 Å². The van der Waals surface area contributed by atoms with Crippen molar-refractivity contribution in [3.8, 4) is 0 Å². The number of nitrogens with two attached hydrogens (primary N) is 1. The summed E-state index contributed by atoms with van der Waals surface area (Å²) < 4.78 is 34.9. The number of primary sulfonamides is 1. The SMILES string of the molecule is CCc1ncnc(NCCCS(N)(=O)=O)c1F. The number of aryl methyl sites for hydroxylation is 1. The molecule has 1 heterocycles. The van der Waals surface area contributed by atoms with Crippen LogP contribution >= 0.6 is 0 Å². The Morgan fingerprint density at radius 3 is 2.76 bits per heavy atom. The zero-order valence-electron chi connectivity index (χ0n) is 9.48. The van der Waals surface area contributed by atoms with Gasteiger partial charge in [0.1, 0.15) is 6.33 Å². The number of anilines is 1. The fourth-order valence-corrected chi connectivity index (χ4v) is 1.80. The number of rotatable bonds is 6. The van der Waals surface area contributed by atoms with Crippen molar-refractivity contribution in [3.05, 3.63) is 17.8 Å². The van der Waals surface area contributed by atoms with E-state index in [-0.39, 0.29) is 18.1 Å². The van der Waals surface area contributed by atoms with E-state index in [1.165, 1.54) is 6.33 Å². The molecule has 0 aromatic carbocycles. The number of nitrogens with zero attached hydrogens (tertiary/aromatic N) is 2. The van der Waals surface area contributed by atoms with Gasteiger partial charge in [0.15, 0.2) is 11.6 Å². The minimum atomic E-state index is -3.47. The quantitative estimate of drug-likeness (QED) is 0.717. The van der Waals surface area contributed by atoms with Crippen LogP contribution in [0.5, 0.6) is 0 Å². The third-order valence-electron chi connectivity index (χ3n) is 2.09. The van der Waals surface area contributed by atoms with Crippen molar-refractivity contribution in [3.63, 3.8) is 0 Å². The van der Waals surface area contributed by atoms with Crippen LogP contribution in [0.4, 0.5) is 10.2 Å². The van der Waals surface area contributed by atoms with Crippen LogP contribution in [-0.4, -0.2) is 30.7 Å². The van der Waals surface area contributed by atoms with Gasteiger partial charge in [-0.05, 0) is 12.8 Å². The van der Waals surface area contributed by atoms with Crippen LogP contribution in [0.3, 0.4) is 0 Å². The van der Waals surface area contributed by atoms with E-state index >= 15 is 0 Å². The fourth-order valence-electron chi connectivity index (χ4n) is 1.26. The van der Waals surface area contributed by atoms with E-state index in [9.17, 15) is 12.8 Å². The molecular formula is C9H15FN4O2S. The first-order valence-electron chi connectivity index (χ1n) is 5.17. The van der Waals surface area contributed by atoms with Crippen LogP contribution in [0.25, 0.3) is 0 Å². The van der Waals surface area contributed by atoms with Gasteiger partial charge in [-0.1, -0.05) is 6.92 Å². The third kappa shape index (κ3) is 4.61. The molecule has 0 aliphatic rings. The fraction of sp³-hybridized carbons (Fsp3) is 0.556.